The van der Waals surface area contributed by atoms with E-state index in [1.807, 2.05) is 18.2 Å². The van der Waals surface area contributed by atoms with E-state index >= 15 is 0 Å². The summed E-state index contributed by atoms with van der Waals surface area (Å²) in [5.74, 6) is 0. The van der Waals surface area contributed by atoms with E-state index in [0.717, 1.165) is 24.3 Å². The van der Waals surface area contributed by atoms with Crippen LogP contribution in [0.2, 0.25) is 0 Å². The Labute approximate surface area is 158 Å². The fraction of sp³-hybridized carbons (Fsp3) is 0.600. The summed E-state index contributed by atoms with van der Waals surface area (Å²) < 4.78 is 44.9. The Morgan fingerprint density at radius 1 is 1.22 bits per heavy atom. The van der Waals surface area contributed by atoms with E-state index in [-0.39, 0.29) is 12.0 Å². The minimum Gasteiger partial charge on any atom is -0.371 e. The average Bonchev–Trinajstić information content (AvgIpc) is 2.67. The zero-order chi connectivity index (χ0) is 19.5. The smallest absolute Gasteiger partial charge is 0.371 e. The Balaban J connectivity index is 1.59. The zero-order valence-electron chi connectivity index (χ0n) is 15.7. The van der Waals surface area contributed by atoms with Crippen molar-refractivity contribution >= 4 is 11.8 Å². The summed E-state index contributed by atoms with van der Waals surface area (Å²) in [6, 6.07) is 8.21. The quantitative estimate of drug-likeness (QED) is 0.757. The van der Waals surface area contributed by atoms with Crippen LogP contribution >= 0.6 is 0 Å². The predicted octanol–water partition coefficient (Wildman–Crippen LogP) is 4.27. The van der Waals surface area contributed by atoms with E-state index in [1.165, 1.54) is 12.0 Å². The van der Waals surface area contributed by atoms with E-state index in [0.29, 0.717) is 32.5 Å². The summed E-state index contributed by atoms with van der Waals surface area (Å²) >= 11 is 0. The van der Waals surface area contributed by atoms with E-state index in [4.69, 9.17) is 9.57 Å². The minimum atomic E-state index is -4.33. The van der Waals surface area contributed by atoms with Gasteiger partial charge in [-0.25, -0.2) is 0 Å². The van der Waals surface area contributed by atoms with Crippen LogP contribution in [0.4, 0.5) is 18.9 Å². The topological polar surface area (TPSA) is 24.9 Å². The normalized spacial score (nSPS) is 22.0. The molecule has 2 aliphatic rings. The number of nitrogens with zero attached hydrogens (tertiary/aromatic N) is 2. The number of alkyl halides is 3. The SMILES string of the molecule is C=Cc1ccc(N2CCOC3(CCN(OC(CC)C(F)(F)F)CC3)C2)cc1. The van der Waals surface area contributed by atoms with Crippen molar-refractivity contribution in [3.63, 3.8) is 0 Å². The number of rotatable bonds is 5. The van der Waals surface area contributed by atoms with Crippen molar-refractivity contribution in [2.75, 3.05) is 37.7 Å². The van der Waals surface area contributed by atoms with Crippen LogP contribution in [0, 0.1) is 0 Å². The molecule has 0 amide bonds. The monoisotopic (exact) mass is 384 g/mol. The van der Waals surface area contributed by atoms with Crippen molar-refractivity contribution in [3.05, 3.63) is 36.4 Å². The molecular formula is C20H27F3N2O2. The molecular weight excluding hydrogens is 357 g/mol. The summed E-state index contributed by atoms with van der Waals surface area (Å²) in [5, 5.41) is 1.45. The Morgan fingerprint density at radius 3 is 2.44 bits per heavy atom. The zero-order valence-corrected chi connectivity index (χ0v) is 15.7. The Hall–Kier alpha value is -1.57. The lowest BCUT2D eigenvalue weighted by molar-refractivity contribution is -0.309. The Morgan fingerprint density at radius 2 is 1.89 bits per heavy atom. The van der Waals surface area contributed by atoms with Crippen LogP contribution in [0.15, 0.2) is 30.8 Å². The molecule has 4 nitrogen and oxygen atoms in total. The highest BCUT2D eigenvalue weighted by molar-refractivity contribution is 5.55. The molecule has 1 unspecified atom stereocenters. The van der Waals surface area contributed by atoms with Gasteiger partial charge in [-0.1, -0.05) is 31.7 Å². The van der Waals surface area contributed by atoms with Gasteiger partial charge in [-0.2, -0.15) is 18.2 Å². The third-order valence-electron chi connectivity index (χ3n) is 5.39. The summed E-state index contributed by atoms with van der Waals surface area (Å²) in [4.78, 5) is 7.49. The van der Waals surface area contributed by atoms with Crippen molar-refractivity contribution < 1.29 is 22.7 Å². The summed E-state index contributed by atoms with van der Waals surface area (Å²) in [7, 11) is 0. The highest BCUT2D eigenvalue weighted by Crippen LogP contribution is 2.34. The molecule has 27 heavy (non-hydrogen) atoms. The maximum Gasteiger partial charge on any atom is 0.416 e. The molecule has 0 bridgehead atoms. The predicted molar refractivity (Wildman–Crippen MR) is 99.5 cm³/mol. The van der Waals surface area contributed by atoms with Crippen LogP contribution in [0.3, 0.4) is 0 Å². The highest BCUT2D eigenvalue weighted by Gasteiger charge is 2.44. The van der Waals surface area contributed by atoms with Crippen LogP contribution in [0.1, 0.15) is 31.7 Å². The molecule has 0 aliphatic carbocycles. The molecule has 2 heterocycles. The molecule has 7 heteroatoms. The number of halogens is 3. The molecule has 1 atom stereocenters. The molecule has 0 aromatic heterocycles. The van der Waals surface area contributed by atoms with Gasteiger partial charge in [0.2, 0.25) is 0 Å². The van der Waals surface area contributed by atoms with Gasteiger partial charge < -0.3 is 9.64 Å². The molecule has 3 rings (SSSR count). The third-order valence-corrected chi connectivity index (χ3v) is 5.39. The molecule has 2 saturated heterocycles. The van der Waals surface area contributed by atoms with Crippen LogP contribution in [-0.2, 0) is 9.57 Å². The summed E-state index contributed by atoms with van der Waals surface area (Å²) in [5.41, 5.74) is 1.88. The van der Waals surface area contributed by atoms with Gasteiger partial charge in [0.1, 0.15) is 0 Å². The number of benzene rings is 1. The van der Waals surface area contributed by atoms with Crippen molar-refractivity contribution in [1.29, 1.82) is 0 Å². The van der Waals surface area contributed by atoms with E-state index in [2.05, 4.69) is 23.6 Å². The first-order chi connectivity index (χ1) is 12.8. The van der Waals surface area contributed by atoms with Crippen molar-refractivity contribution in [3.8, 4) is 0 Å². The second-order valence-electron chi connectivity index (χ2n) is 7.22. The average molecular weight is 384 g/mol. The lowest BCUT2D eigenvalue weighted by Gasteiger charge is -2.48. The van der Waals surface area contributed by atoms with E-state index in [1.54, 1.807) is 0 Å². The molecule has 2 aliphatic heterocycles. The minimum absolute atomic E-state index is 0.0872. The first kappa shape index (κ1) is 20.2. The van der Waals surface area contributed by atoms with Gasteiger partial charge in [0, 0.05) is 31.9 Å². The van der Waals surface area contributed by atoms with E-state index < -0.39 is 12.3 Å². The molecule has 1 aromatic carbocycles. The fourth-order valence-electron chi connectivity index (χ4n) is 3.73. The van der Waals surface area contributed by atoms with Gasteiger partial charge in [0.25, 0.3) is 0 Å². The van der Waals surface area contributed by atoms with Crippen LogP contribution in [-0.4, -0.2) is 55.7 Å². The first-order valence-electron chi connectivity index (χ1n) is 9.45. The van der Waals surface area contributed by atoms with Gasteiger partial charge in [-0.05, 0) is 37.0 Å². The third kappa shape index (κ3) is 4.83. The van der Waals surface area contributed by atoms with Crippen LogP contribution in [0.25, 0.3) is 6.08 Å². The number of morpholine rings is 1. The molecule has 1 aromatic rings. The standard InChI is InChI=1S/C20H27F3N2O2/c1-3-16-5-7-17(8-6-16)24-13-14-26-19(15-24)9-11-25(12-10-19)27-18(4-2)20(21,22)23/h3,5-8,18H,1,4,9-15H2,2H3. The number of anilines is 1. The van der Waals surface area contributed by atoms with Gasteiger partial charge in [0.05, 0.1) is 12.2 Å². The van der Waals surface area contributed by atoms with Crippen LogP contribution in [0.5, 0.6) is 0 Å². The molecule has 150 valence electrons. The number of piperidine rings is 1. The number of ether oxygens (including phenoxy) is 1. The van der Waals surface area contributed by atoms with Crippen molar-refractivity contribution in [2.24, 2.45) is 0 Å². The van der Waals surface area contributed by atoms with E-state index in [9.17, 15) is 13.2 Å². The second kappa shape index (κ2) is 8.20. The molecule has 0 saturated carbocycles. The molecule has 2 fully saturated rings. The molecule has 1 spiro atoms. The number of hydrogen-bond donors (Lipinski definition) is 0. The second-order valence-corrected chi connectivity index (χ2v) is 7.22. The highest BCUT2D eigenvalue weighted by atomic mass is 19.4. The van der Waals surface area contributed by atoms with Gasteiger partial charge in [0.15, 0.2) is 6.10 Å². The summed E-state index contributed by atoms with van der Waals surface area (Å²) in [6.45, 7) is 8.30. The van der Waals surface area contributed by atoms with Gasteiger partial charge in [-0.3, -0.25) is 4.84 Å². The molecule has 0 N–H and O–H groups in total. The summed E-state index contributed by atoms with van der Waals surface area (Å²) in [6.07, 6.45) is -3.04. The lowest BCUT2D eigenvalue weighted by atomic mass is 9.90. The van der Waals surface area contributed by atoms with Gasteiger partial charge >= 0.3 is 6.18 Å². The van der Waals surface area contributed by atoms with Gasteiger partial charge in [-0.15, -0.1) is 0 Å². The first-order valence-corrected chi connectivity index (χ1v) is 9.45. The largest absolute Gasteiger partial charge is 0.416 e. The Bertz CT molecular complexity index is 625. The lowest BCUT2D eigenvalue weighted by Crippen LogP contribution is -2.57. The maximum atomic E-state index is 12.9. The van der Waals surface area contributed by atoms with Crippen molar-refractivity contribution in [1.82, 2.24) is 5.06 Å². The number of hydrogen-bond acceptors (Lipinski definition) is 4. The fourth-order valence-corrected chi connectivity index (χ4v) is 3.73. The molecule has 0 radical (unpaired) electrons. The van der Waals surface area contributed by atoms with Crippen molar-refractivity contribution in [2.45, 2.75) is 44.1 Å². The Kier molecular flexibility index (Phi) is 6.13. The number of hydroxylamine groups is 2. The van der Waals surface area contributed by atoms with Crippen LogP contribution < -0.4 is 4.90 Å². The maximum absolute atomic E-state index is 12.9.